The average molecular weight is 307 g/mol. The molecule has 7 heteroatoms. The van der Waals surface area contributed by atoms with Gasteiger partial charge in [0.15, 0.2) is 0 Å². The number of hydrogen-bond donors (Lipinski definition) is 1. The number of halogens is 1. The Kier molecular flexibility index (Phi) is 4.39. The number of benzene rings is 2. The van der Waals surface area contributed by atoms with Crippen LogP contribution >= 0.6 is 11.6 Å². The minimum atomic E-state index is -0.631. The maximum absolute atomic E-state index is 12.2. The summed E-state index contributed by atoms with van der Waals surface area (Å²) in [7, 11) is 1.47. The van der Waals surface area contributed by atoms with Crippen molar-refractivity contribution in [2.24, 2.45) is 0 Å². The summed E-state index contributed by atoms with van der Waals surface area (Å²) in [4.78, 5) is 22.6. The first-order valence-electron chi connectivity index (χ1n) is 5.91. The van der Waals surface area contributed by atoms with Crippen LogP contribution in [0.15, 0.2) is 42.5 Å². The molecule has 0 radical (unpaired) electrons. The first kappa shape index (κ1) is 14.8. The zero-order valence-corrected chi connectivity index (χ0v) is 11.8. The molecule has 0 aliphatic rings. The Balaban J connectivity index is 2.37. The Morgan fingerprint density at radius 1 is 1.29 bits per heavy atom. The lowest BCUT2D eigenvalue weighted by atomic mass is 10.1. The number of nitro benzene ring substituents is 1. The second kappa shape index (κ2) is 6.23. The lowest BCUT2D eigenvalue weighted by Gasteiger charge is -2.10. The standard InChI is InChI=1S/C14H11ClN2O4/c1-21-13-5-3-2-4-11(13)16-14(18)10-8-9(15)6-7-12(10)17(19)20/h2-8H,1H3,(H,16,18). The fraction of sp³-hybridized carbons (Fsp3) is 0.0714. The fourth-order valence-electron chi connectivity index (χ4n) is 1.79. The molecule has 108 valence electrons. The number of amides is 1. The molecule has 21 heavy (non-hydrogen) atoms. The van der Waals surface area contributed by atoms with Gasteiger partial charge in [0.25, 0.3) is 11.6 Å². The number of carbonyl (C=O) groups is 1. The summed E-state index contributed by atoms with van der Waals surface area (Å²) < 4.78 is 5.11. The van der Waals surface area contributed by atoms with Crippen molar-refractivity contribution in [2.75, 3.05) is 12.4 Å². The molecule has 0 heterocycles. The van der Waals surface area contributed by atoms with Crippen molar-refractivity contribution in [3.05, 3.63) is 63.2 Å². The lowest BCUT2D eigenvalue weighted by Crippen LogP contribution is -2.14. The number of rotatable bonds is 4. The highest BCUT2D eigenvalue weighted by Gasteiger charge is 2.21. The highest BCUT2D eigenvalue weighted by Crippen LogP contribution is 2.27. The highest BCUT2D eigenvalue weighted by atomic mass is 35.5. The van der Waals surface area contributed by atoms with Gasteiger partial charge in [-0.05, 0) is 24.3 Å². The number of carbonyl (C=O) groups excluding carboxylic acids is 1. The molecule has 0 aliphatic carbocycles. The molecule has 0 aliphatic heterocycles. The van der Waals surface area contributed by atoms with E-state index in [1.165, 1.54) is 25.3 Å². The summed E-state index contributed by atoms with van der Waals surface area (Å²) in [5.74, 6) is -0.177. The molecule has 1 N–H and O–H groups in total. The van der Waals surface area contributed by atoms with E-state index in [1.807, 2.05) is 0 Å². The number of para-hydroxylation sites is 2. The van der Waals surface area contributed by atoms with Crippen molar-refractivity contribution >= 4 is 28.9 Å². The Bertz CT molecular complexity index is 703. The molecule has 2 aromatic carbocycles. The maximum atomic E-state index is 12.2. The first-order chi connectivity index (χ1) is 10.0. The molecule has 2 rings (SSSR count). The van der Waals surface area contributed by atoms with Gasteiger partial charge in [0.1, 0.15) is 11.3 Å². The second-order valence-electron chi connectivity index (χ2n) is 4.07. The van der Waals surface area contributed by atoms with E-state index in [4.69, 9.17) is 16.3 Å². The van der Waals surface area contributed by atoms with E-state index in [1.54, 1.807) is 24.3 Å². The number of ether oxygens (including phenoxy) is 1. The molecule has 1 amide bonds. The van der Waals surface area contributed by atoms with Crippen molar-refractivity contribution < 1.29 is 14.5 Å². The minimum Gasteiger partial charge on any atom is -0.495 e. The third-order valence-corrected chi connectivity index (χ3v) is 2.99. The Morgan fingerprint density at radius 3 is 2.67 bits per heavy atom. The largest absolute Gasteiger partial charge is 0.495 e. The normalized spacial score (nSPS) is 10.0. The molecule has 6 nitrogen and oxygen atoms in total. The van der Waals surface area contributed by atoms with Gasteiger partial charge in [-0.3, -0.25) is 14.9 Å². The molecule has 0 saturated carbocycles. The van der Waals surface area contributed by atoms with Crippen LogP contribution in [0.2, 0.25) is 5.02 Å². The molecule has 0 aromatic heterocycles. The summed E-state index contributed by atoms with van der Waals surface area (Å²) >= 11 is 5.80. The second-order valence-corrected chi connectivity index (χ2v) is 4.51. The smallest absolute Gasteiger partial charge is 0.282 e. The number of anilines is 1. The zero-order chi connectivity index (χ0) is 15.4. The van der Waals surface area contributed by atoms with Crippen LogP contribution in [-0.2, 0) is 0 Å². The van der Waals surface area contributed by atoms with E-state index in [-0.39, 0.29) is 16.3 Å². The summed E-state index contributed by atoms with van der Waals surface area (Å²) in [5.41, 5.74) is -0.00974. The maximum Gasteiger partial charge on any atom is 0.282 e. The SMILES string of the molecule is COc1ccccc1NC(=O)c1cc(Cl)ccc1[N+](=O)[O-]. The average Bonchev–Trinajstić information content (AvgIpc) is 2.47. The predicted molar refractivity (Wildman–Crippen MR) is 79.1 cm³/mol. The number of nitrogens with zero attached hydrogens (tertiary/aromatic N) is 1. The van der Waals surface area contributed by atoms with E-state index in [0.717, 1.165) is 0 Å². The topological polar surface area (TPSA) is 81.5 Å². The zero-order valence-electron chi connectivity index (χ0n) is 11.0. The first-order valence-corrected chi connectivity index (χ1v) is 6.29. The van der Waals surface area contributed by atoms with Gasteiger partial charge in [-0.2, -0.15) is 0 Å². The molecule has 0 unspecified atom stereocenters. The van der Waals surface area contributed by atoms with Crippen LogP contribution in [-0.4, -0.2) is 17.9 Å². The fourth-order valence-corrected chi connectivity index (χ4v) is 1.96. The van der Waals surface area contributed by atoms with Gasteiger partial charge in [0.05, 0.1) is 17.7 Å². The molecule has 0 bridgehead atoms. The van der Waals surface area contributed by atoms with E-state index in [0.29, 0.717) is 11.4 Å². The monoisotopic (exact) mass is 306 g/mol. The van der Waals surface area contributed by atoms with E-state index in [9.17, 15) is 14.9 Å². The summed E-state index contributed by atoms with van der Waals surface area (Å²) in [6, 6.07) is 10.6. The van der Waals surface area contributed by atoms with Gasteiger partial charge in [0, 0.05) is 11.1 Å². The third-order valence-electron chi connectivity index (χ3n) is 2.76. The molecule has 0 fully saturated rings. The molecule has 2 aromatic rings. The Morgan fingerprint density at radius 2 is 2.00 bits per heavy atom. The van der Waals surface area contributed by atoms with Gasteiger partial charge >= 0.3 is 0 Å². The van der Waals surface area contributed by atoms with Crippen molar-refractivity contribution in [1.82, 2.24) is 0 Å². The minimum absolute atomic E-state index is 0.113. The van der Waals surface area contributed by atoms with Crippen LogP contribution in [0.4, 0.5) is 11.4 Å². The van der Waals surface area contributed by atoms with Crippen molar-refractivity contribution in [3.8, 4) is 5.75 Å². The predicted octanol–water partition coefficient (Wildman–Crippen LogP) is 3.51. The highest BCUT2D eigenvalue weighted by molar-refractivity contribution is 6.31. The Labute approximate surface area is 125 Å². The van der Waals surface area contributed by atoms with Crippen LogP contribution in [0.1, 0.15) is 10.4 Å². The molecule has 0 atom stereocenters. The molecular formula is C14H11ClN2O4. The number of nitro groups is 1. The Hall–Kier alpha value is -2.60. The third kappa shape index (κ3) is 3.29. The van der Waals surface area contributed by atoms with Gasteiger partial charge in [0.2, 0.25) is 0 Å². The molecule has 0 saturated heterocycles. The van der Waals surface area contributed by atoms with Crippen molar-refractivity contribution in [1.29, 1.82) is 0 Å². The quantitative estimate of drug-likeness (QED) is 0.692. The molecular weight excluding hydrogens is 296 g/mol. The molecule has 0 spiro atoms. The summed E-state index contributed by atoms with van der Waals surface area (Å²) in [6.07, 6.45) is 0. The lowest BCUT2D eigenvalue weighted by molar-refractivity contribution is -0.385. The van der Waals surface area contributed by atoms with Crippen LogP contribution in [0.3, 0.4) is 0 Å². The van der Waals surface area contributed by atoms with Crippen LogP contribution in [0, 0.1) is 10.1 Å². The van der Waals surface area contributed by atoms with E-state index in [2.05, 4.69) is 5.32 Å². The number of methoxy groups -OCH3 is 1. The van der Waals surface area contributed by atoms with Crippen molar-refractivity contribution in [3.63, 3.8) is 0 Å². The van der Waals surface area contributed by atoms with Gasteiger partial charge in [-0.1, -0.05) is 23.7 Å². The van der Waals surface area contributed by atoms with Crippen molar-refractivity contribution in [2.45, 2.75) is 0 Å². The van der Waals surface area contributed by atoms with Gasteiger partial charge < -0.3 is 10.1 Å². The van der Waals surface area contributed by atoms with Crippen LogP contribution < -0.4 is 10.1 Å². The van der Waals surface area contributed by atoms with Gasteiger partial charge in [-0.15, -0.1) is 0 Å². The number of nitrogens with one attached hydrogen (secondary N) is 1. The van der Waals surface area contributed by atoms with Crippen LogP contribution in [0.5, 0.6) is 5.75 Å². The summed E-state index contributed by atoms with van der Waals surface area (Å²) in [5, 5.41) is 13.8. The van der Waals surface area contributed by atoms with E-state index >= 15 is 0 Å². The number of hydrogen-bond acceptors (Lipinski definition) is 4. The van der Waals surface area contributed by atoms with E-state index < -0.39 is 10.8 Å². The summed E-state index contributed by atoms with van der Waals surface area (Å²) in [6.45, 7) is 0. The van der Waals surface area contributed by atoms with Gasteiger partial charge in [-0.25, -0.2) is 0 Å². The van der Waals surface area contributed by atoms with Crippen LogP contribution in [0.25, 0.3) is 0 Å².